The number of H-pyrrole nitrogens is 1. The van der Waals surface area contributed by atoms with E-state index in [0.29, 0.717) is 11.1 Å². The second kappa shape index (κ2) is 3.93. The standard InChI is InChI=1S/C13H13NO2/c1-8-3-4-12-11(5-8)13(16)7-10(14-12)6-9(2)15/h3-5,7H,6H2,1-2H3,(H,14,16). The quantitative estimate of drug-likeness (QED) is 0.832. The van der Waals surface area contributed by atoms with Crippen LogP contribution < -0.4 is 5.43 Å². The van der Waals surface area contributed by atoms with E-state index in [4.69, 9.17) is 0 Å². The first kappa shape index (κ1) is 10.6. The molecule has 0 saturated carbocycles. The van der Waals surface area contributed by atoms with E-state index < -0.39 is 0 Å². The summed E-state index contributed by atoms with van der Waals surface area (Å²) in [5, 5.41) is 0.673. The third-order valence-corrected chi connectivity index (χ3v) is 2.48. The molecule has 0 aliphatic heterocycles. The first-order valence-electron chi connectivity index (χ1n) is 5.18. The number of hydrogen-bond donors (Lipinski definition) is 1. The number of carbonyl (C=O) groups is 1. The van der Waals surface area contributed by atoms with E-state index in [-0.39, 0.29) is 17.6 Å². The highest BCUT2D eigenvalue weighted by molar-refractivity contribution is 5.81. The molecular formula is C13H13NO2. The number of nitrogens with one attached hydrogen (secondary N) is 1. The summed E-state index contributed by atoms with van der Waals surface area (Å²) in [6.45, 7) is 3.46. The molecule has 0 atom stereocenters. The number of fused-ring (bicyclic) bond motifs is 1. The van der Waals surface area contributed by atoms with Gasteiger partial charge < -0.3 is 4.98 Å². The molecule has 1 aromatic heterocycles. The smallest absolute Gasteiger partial charge is 0.189 e. The Labute approximate surface area is 93.1 Å². The van der Waals surface area contributed by atoms with E-state index in [1.165, 1.54) is 13.0 Å². The van der Waals surface area contributed by atoms with Gasteiger partial charge in [0.1, 0.15) is 5.78 Å². The maximum Gasteiger partial charge on any atom is 0.189 e. The third kappa shape index (κ3) is 2.03. The molecule has 0 radical (unpaired) electrons. The number of pyridine rings is 1. The van der Waals surface area contributed by atoms with Crippen molar-refractivity contribution < 1.29 is 4.79 Å². The number of hydrogen-bond acceptors (Lipinski definition) is 2. The first-order valence-corrected chi connectivity index (χ1v) is 5.18. The molecule has 0 unspecified atom stereocenters. The van der Waals surface area contributed by atoms with Gasteiger partial charge in [-0.25, -0.2) is 0 Å². The van der Waals surface area contributed by atoms with E-state index in [0.717, 1.165) is 11.1 Å². The SMILES string of the molecule is CC(=O)Cc1cc(=O)c2cc(C)ccc2[nH]1. The van der Waals surface area contributed by atoms with Crippen molar-refractivity contribution in [1.29, 1.82) is 0 Å². The highest BCUT2D eigenvalue weighted by Gasteiger charge is 2.04. The summed E-state index contributed by atoms with van der Waals surface area (Å²) >= 11 is 0. The first-order chi connectivity index (χ1) is 7.56. The molecule has 0 aliphatic rings. The predicted octanol–water partition coefficient (Wildman–Crippen LogP) is 1.97. The van der Waals surface area contributed by atoms with Crippen molar-refractivity contribution in [2.45, 2.75) is 20.3 Å². The minimum Gasteiger partial charge on any atom is -0.358 e. The predicted molar refractivity (Wildman–Crippen MR) is 63.7 cm³/mol. The number of Topliss-reactive ketones (excluding diaryl/α,β-unsaturated/α-hetero) is 1. The van der Waals surface area contributed by atoms with Crippen LogP contribution in [0.15, 0.2) is 29.1 Å². The summed E-state index contributed by atoms with van der Waals surface area (Å²) in [7, 11) is 0. The van der Waals surface area contributed by atoms with Crippen LogP contribution in [0.25, 0.3) is 10.9 Å². The molecule has 3 heteroatoms. The Bertz CT molecular complexity index is 611. The molecule has 0 fully saturated rings. The Kier molecular flexibility index (Phi) is 2.60. The van der Waals surface area contributed by atoms with Gasteiger partial charge in [0.25, 0.3) is 0 Å². The number of ketones is 1. The average molecular weight is 215 g/mol. The van der Waals surface area contributed by atoms with Gasteiger partial charge in [-0.3, -0.25) is 9.59 Å². The van der Waals surface area contributed by atoms with Gasteiger partial charge in [-0.2, -0.15) is 0 Å². The fourth-order valence-electron chi connectivity index (χ4n) is 1.78. The van der Waals surface area contributed by atoms with Crippen LogP contribution in [0, 0.1) is 6.92 Å². The normalized spacial score (nSPS) is 10.6. The van der Waals surface area contributed by atoms with Crippen LogP contribution in [0.3, 0.4) is 0 Å². The molecule has 3 nitrogen and oxygen atoms in total. The van der Waals surface area contributed by atoms with Crippen molar-refractivity contribution in [3.8, 4) is 0 Å². The fraction of sp³-hybridized carbons (Fsp3) is 0.231. The zero-order valence-corrected chi connectivity index (χ0v) is 9.33. The van der Waals surface area contributed by atoms with Crippen LogP contribution in [-0.4, -0.2) is 10.8 Å². The van der Waals surface area contributed by atoms with Gasteiger partial charge in [-0.15, -0.1) is 0 Å². The fourth-order valence-corrected chi connectivity index (χ4v) is 1.78. The lowest BCUT2D eigenvalue weighted by Gasteiger charge is -2.03. The van der Waals surface area contributed by atoms with Crippen LogP contribution in [0.4, 0.5) is 0 Å². The highest BCUT2D eigenvalue weighted by atomic mass is 16.1. The Hall–Kier alpha value is -1.90. The van der Waals surface area contributed by atoms with E-state index in [1.54, 1.807) is 0 Å². The van der Waals surface area contributed by atoms with Crippen molar-refractivity contribution in [3.63, 3.8) is 0 Å². The lowest BCUT2D eigenvalue weighted by molar-refractivity contribution is -0.116. The number of rotatable bonds is 2. The van der Waals surface area contributed by atoms with Crippen LogP contribution in [0.2, 0.25) is 0 Å². The number of aryl methyl sites for hydroxylation is 1. The third-order valence-electron chi connectivity index (χ3n) is 2.48. The topological polar surface area (TPSA) is 49.9 Å². The summed E-state index contributed by atoms with van der Waals surface area (Å²) in [4.78, 5) is 25.9. The van der Waals surface area contributed by atoms with Gasteiger partial charge in [-0.05, 0) is 26.0 Å². The minimum atomic E-state index is -0.0336. The van der Waals surface area contributed by atoms with E-state index in [2.05, 4.69) is 4.98 Å². The van der Waals surface area contributed by atoms with E-state index in [1.807, 2.05) is 25.1 Å². The molecule has 1 heterocycles. The molecule has 0 bridgehead atoms. The van der Waals surface area contributed by atoms with Gasteiger partial charge >= 0.3 is 0 Å². The summed E-state index contributed by atoms with van der Waals surface area (Å²) in [5.41, 5.74) is 2.48. The Morgan fingerprint density at radius 1 is 1.31 bits per heavy atom. The molecule has 82 valence electrons. The zero-order chi connectivity index (χ0) is 11.7. The van der Waals surface area contributed by atoms with Gasteiger partial charge in [0.15, 0.2) is 5.43 Å². The Morgan fingerprint density at radius 3 is 2.75 bits per heavy atom. The maximum absolute atomic E-state index is 11.8. The minimum absolute atomic E-state index is 0.0336. The van der Waals surface area contributed by atoms with E-state index >= 15 is 0 Å². The second-order valence-corrected chi connectivity index (χ2v) is 4.09. The molecule has 1 N–H and O–H groups in total. The maximum atomic E-state index is 11.8. The zero-order valence-electron chi connectivity index (χ0n) is 9.33. The molecular weight excluding hydrogens is 202 g/mol. The summed E-state index contributed by atoms with van der Waals surface area (Å²) in [6.07, 6.45) is 0.277. The molecule has 1 aromatic carbocycles. The lowest BCUT2D eigenvalue weighted by atomic mass is 10.1. The summed E-state index contributed by atoms with van der Waals surface area (Å²) in [5.74, 6) is 0.0436. The van der Waals surface area contributed by atoms with Gasteiger partial charge in [0.05, 0.1) is 0 Å². The van der Waals surface area contributed by atoms with Crippen molar-refractivity contribution in [2.75, 3.05) is 0 Å². The van der Waals surface area contributed by atoms with Gasteiger partial charge in [0.2, 0.25) is 0 Å². The van der Waals surface area contributed by atoms with Crippen molar-refractivity contribution >= 4 is 16.7 Å². The Morgan fingerprint density at radius 2 is 2.06 bits per heavy atom. The largest absolute Gasteiger partial charge is 0.358 e. The summed E-state index contributed by atoms with van der Waals surface area (Å²) < 4.78 is 0. The number of aromatic amines is 1. The second-order valence-electron chi connectivity index (χ2n) is 4.09. The van der Waals surface area contributed by atoms with Gasteiger partial charge in [-0.1, -0.05) is 11.6 Å². The molecule has 0 amide bonds. The number of benzene rings is 1. The summed E-state index contributed by atoms with van der Waals surface area (Å²) in [6, 6.07) is 7.17. The molecule has 2 rings (SSSR count). The molecule has 0 spiro atoms. The van der Waals surface area contributed by atoms with Crippen molar-refractivity contribution in [2.24, 2.45) is 0 Å². The Balaban J connectivity index is 2.64. The van der Waals surface area contributed by atoms with Crippen molar-refractivity contribution in [1.82, 2.24) is 4.98 Å². The number of carbonyl (C=O) groups excluding carboxylic acids is 1. The van der Waals surface area contributed by atoms with E-state index in [9.17, 15) is 9.59 Å². The van der Waals surface area contributed by atoms with Crippen LogP contribution in [0.1, 0.15) is 18.2 Å². The molecule has 0 saturated heterocycles. The highest BCUT2D eigenvalue weighted by Crippen LogP contribution is 2.10. The van der Waals surface area contributed by atoms with Crippen LogP contribution in [0.5, 0.6) is 0 Å². The molecule has 16 heavy (non-hydrogen) atoms. The van der Waals surface area contributed by atoms with Crippen molar-refractivity contribution in [3.05, 3.63) is 45.7 Å². The number of aromatic nitrogens is 1. The average Bonchev–Trinajstić information content (AvgIpc) is 2.18. The van der Waals surface area contributed by atoms with Crippen LogP contribution >= 0.6 is 0 Å². The molecule has 2 aromatic rings. The van der Waals surface area contributed by atoms with Gasteiger partial charge in [0, 0.05) is 29.1 Å². The lowest BCUT2D eigenvalue weighted by Crippen LogP contribution is -2.08. The molecule has 0 aliphatic carbocycles. The van der Waals surface area contributed by atoms with Crippen LogP contribution in [-0.2, 0) is 11.2 Å². The monoisotopic (exact) mass is 215 g/mol.